The first-order chi connectivity index (χ1) is 12.2. The first-order valence-electron chi connectivity index (χ1n) is 9.83. The number of ether oxygens (including phenoxy) is 1. The molecule has 3 rings (SSSR count). The SMILES string of the molecule is CCCN1CCN(c2nc(OC3CCCCC3)cc(NN)c2C)CC1. The summed E-state index contributed by atoms with van der Waals surface area (Å²) in [7, 11) is 0. The van der Waals surface area contributed by atoms with Gasteiger partial charge in [0.05, 0.1) is 5.69 Å². The van der Waals surface area contributed by atoms with Crippen molar-refractivity contribution in [2.75, 3.05) is 43.0 Å². The predicted molar refractivity (Wildman–Crippen MR) is 103 cm³/mol. The summed E-state index contributed by atoms with van der Waals surface area (Å²) >= 11 is 0. The number of nitrogens with zero attached hydrogens (tertiary/aromatic N) is 3. The lowest BCUT2D eigenvalue weighted by Gasteiger charge is -2.36. The van der Waals surface area contributed by atoms with Gasteiger partial charge in [-0.15, -0.1) is 0 Å². The number of piperazine rings is 1. The molecule has 0 amide bonds. The van der Waals surface area contributed by atoms with E-state index < -0.39 is 0 Å². The highest BCUT2D eigenvalue weighted by Crippen LogP contribution is 2.31. The van der Waals surface area contributed by atoms with E-state index >= 15 is 0 Å². The van der Waals surface area contributed by atoms with E-state index in [0.29, 0.717) is 12.0 Å². The number of hydrogen-bond donors (Lipinski definition) is 2. The van der Waals surface area contributed by atoms with Crippen LogP contribution >= 0.6 is 0 Å². The van der Waals surface area contributed by atoms with Gasteiger partial charge >= 0.3 is 0 Å². The van der Waals surface area contributed by atoms with Crippen LogP contribution in [0.2, 0.25) is 0 Å². The number of aromatic nitrogens is 1. The van der Waals surface area contributed by atoms with Crippen LogP contribution in [0, 0.1) is 6.92 Å². The van der Waals surface area contributed by atoms with E-state index in [9.17, 15) is 0 Å². The molecule has 1 saturated heterocycles. The molecular weight excluding hydrogens is 314 g/mol. The maximum absolute atomic E-state index is 6.20. The highest BCUT2D eigenvalue weighted by Gasteiger charge is 2.22. The molecule has 140 valence electrons. The summed E-state index contributed by atoms with van der Waals surface area (Å²) in [5.41, 5.74) is 4.83. The van der Waals surface area contributed by atoms with Gasteiger partial charge in [0.25, 0.3) is 0 Å². The normalized spacial score (nSPS) is 19.9. The van der Waals surface area contributed by atoms with Crippen molar-refractivity contribution in [1.29, 1.82) is 0 Å². The molecule has 1 saturated carbocycles. The van der Waals surface area contributed by atoms with Gasteiger partial charge in [0.1, 0.15) is 11.9 Å². The maximum atomic E-state index is 6.20. The zero-order valence-corrected chi connectivity index (χ0v) is 15.8. The van der Waals surface area contributed by atoms with Crippen LogP contribution in [0.5, 0.6) is 5.88 Å². The summed E-state index contributed by atoms with van der Waals surface area (Å²) in [6, 6.07) is 1.95. The van der Waals surface area contributed by atoms with Gasteiger partial charge in [-0.2, -0.15) is 4.98 Å². The number of nitrogens with two attached hydrogens (primary N) is 1. The minimum absolute atomic E-state index is 0.295. The molecule has 1 aliphatic heterocycles. The van der Waals surface area contributed by atoms with E-state index in [0.717, 1.165) is 56.1 Å². The molecule has 6 heteroatoms. The highest BCUT2D eigenvalue weighted by atomic mass is 16.5. The lowest BCUT2D eigenvalue weighted by atomic mass is 9.98. The molecule has 0 unspecified atom stereocenters. The van der Waals surface area contributed by atoms with Crippen molar-refractivity contribution >= 4 is 11.5 Å². The van der Waals surface area contributed by atoms with Crippen LogP contribution in [-0.2, 0) is 0 Å². The van der Waals surface area contributed by atoms with Crippen LogP contribution < -0.4 is 20.9 Å². The molecule has 2 fully saturated rings. The third-order valence-electron chi connectivity index (χ3n) is 5.43. The van der Waals surface area contributed by atoms with E-state index in [4.69, 9.17) is 15.6 Å². The lowest BCUT2D eigenvalue weighted by Crippen LogP contribution is -2.47. The highest BCUT2D eigenvalue weighted by molar-refractivity contribution is 5.64. The summed E-state index contributed by atoms with van der Waals surface area (Å²) in [5.74, 6) is 7.47. The topological polar surface area (TPSA) is 66.7 Å². The monoisotopic (exact) mass is 347 g/mol. The van der Waals surface area contributed by atoms with E-state index in [-0.39, 0.29) is 0 Å². The van der Waals surface area contributed by atoms with Crippen molar-refractivity contribution in [3.05, 3.63) is 11.6 Å². The Bertz CT molecular complexity index is 551. The summed E-state index contributed by atoms with van der Waals surface area (Å²) < 4.78 is 6.20. The molecular formula is C19H33N5O. The van der Waals surface area contributed by atoms with E-state index in [2.05, 4.69) is 29.1 Å². The second kappa shape index (κ2) is 8.72. The molecule has 2 heterocycles. The first-order valence-corrected chi connectivity index (χ1v) is 9.83. The molecule has 1 aromatic rings. The van der Waals surface area contributed by atoms with Gasteiger partial charge in [-0.25, -0.2) is 0 Å². The van der Waals surface area contributed by atoms with Crippen molar-refractivity contribution in [3.8, 4) is 5.88 Å². The standard InChI is InChI=1S/C19H33N5O/c1-3-9-23-10-12-24(13-11-23)19-15(2)17(22-20)14-18(21-19)25-16-7-5-4-6-8-16/h14,16H,3-13,20H2,1-2H3,(H,21,22). The Kier molecular flexibility index (Phi) is 6.37. The van der Waals surface area contributed by atoms with Crippen molar-refractivity contribution < 1.29 is 4.74 Å². The summed E-state index contributed by atoms with van der Waals surface area (Å²) in [5, 5.41) is 0. The molecule has 1 aromatic heterocycles. The Balaban J connectivity index is 1.74. The average molecular weight is 348 g/mol. The van der Waals surface area contributed by atoms with Gasteiger partial charge in [0.2, 0.25) is 5.88 Å². The van der Waals surface area contributed by atoms with Crippen LogP contribution in [0.3, 0.4) is 0 Å². The third-order valence-corrected chi connectivity index (χ3v) is 5.43. The zero-order chi connectivity index (χ0) is 17.6. The van der Waals surface area contributed by atoms with Crippen molar-refractivity contribution in [1.82, 2.24) is 9.88 Å². The van der Waals surface area contributed by atoms with Crippen LogP contribution in [-0.4, -0.2) is 48.7 Å². The second-order valence-electron chi connectivity index (χ2n) is 7.31. The average Bonchev–Trinajstić information content (AvgIpc) is 2.65. The van der Waals surface area contributed by atoms with Crippen LogP contribution in [0.4, 0.5) is 11.5 Å². The van der Waals surface area contributed by atoms with Crippen LogP contribution in [0.25, 0.3) is 0 Å². The number of pyridine rings is 1. The van der Waals surface area contributed by atoms with E-state index in [1.807, 2.05) is 6.07 Å². The van der Waals surface area contributed by atoms with Crippen molar-refractivity contribution in [3.63, 3.8) is 0 Å². The molecule has 0 bridgehead atoms. The number of hydrogen-bond acceptors (Lipinski definition) is 6. The molecule has 3 N–H and O–H groups in total. The molecule has 6 nitrogen and oxygen atoms in total. The smallest absolute Gasteiger partial charge is 0.217 e. The second-order valence-corrected chi connectivity index (χ2v) is 7.31. The van der Waals surface area contributed by atoms with Crippen LogP contribution in [0.1, 0.15) is 51.0 Å². The Morgan fingerprint density at radius 1 is 1.20 bits per heavy atom. The molecule has 1 aliphatic carbocycles. The predicted octanol–water partition coefficient (Wildman–Crippen LogP) is 2.92. The Morgan fingerprint density at radius 2 is 1.92 bits per heavy atom. The summed E-state index contributed by atoms with van der Waals surface area (Å²) in [6.07, 6.45) is 7.60. The third kappa shape index (κ3) is 4.55. The number of anilines is 2. The van der Waals surface area contributed by atoms with E-state index in [1.54, 1.807) is 0 Å². The summed E-state index contributed by atoms with van der Waals surface area (Å²) in [6.45, 7) is 9.70. The van der Waals surface area contributed by atoms with E-state index in [1.165, 1.54) is 32.2 Å². The molecule has 25 heavy (non-hydrogen) atoms. The molecule has 2 aliphatic rings. The van der Waals surface area contributed by atoms with Crippen molar-refractivity contribution in [2.45, 2.75) is 58.5 Å². The number of nitrogen functional groups attached to an aromatic ring is 1. The molecule has 0 aromatic carbocycles. The van der Waals surface area contributed by atoms with Gasteiger partial charge in [-0.05, 0) is 45.6 Å². The molecule has 0 radical (unpaired) electrons. The summed E-state index contributed by atoms with van der Waals surface area (Å²) in [4.78, 5) is 9.75. The van der Waals surface area contributed by atoms with Crippen molar-refractivity contribution in [2.24, 2.45) is 5.84 Å². The Labute approximate surface area is 151 Å². The Hall–Kier alpha value is -1.53. The first kappa shape index (κ1) is 18.3. The quantitative estimate of drug-likeness (QED) is 0.609. The van der Waals surface area contributed by atoms with Gasteiger partial charge < -0.3 is 15.1 Å². The largest absolute Gasteiger partial charge is 0.474 e. The fraction of sp³-hybridized carbons (Fsp3) is 0.737. The van der Waals surface area contributed by atoms with Gasteiger partial charge in [-0.3, -0.25) is 10.7 Å². The minimum Gasteiger partial charge on any atom is -0.474 e. The number of rotatable bonds is 6. The number of nitrogens with one attached hydrogen (secondary N) is 1. The van der Waals surface area contributed by atoms with Gasteiger partial charge in [0, 0.05) is 37.8 Å². The maximum Gasteiger partial charge on any atom is 0.217 e. The lowest BCUT2D eigenvalue weighted by molar-refractivity contribution is 0.149. The zero-order valence-electron chi connectivity index (χ0n) is 15.8. The molecule has 0 atom stereocenters. The van der Waals surface area contributed by atoms with Gasteiger partial charge in [-0.1, -0.05) is 13.3 Å². The van der Waals surface area contributed by atoms with Crippen LogP contribution in [0.15, 0.2) is 6.07 Å². The van der Waals surface area contributed by atoms with Gasteiger partial charge in [0.15, 0.2) is 0 Å². The molecule has 0 spiro atoms. The fourth-order valence-corrected chi connectivity index (χ4v) is 3.94. The minimum atomic E-state index is 0.295. The number of hydrazine groups is 1. The fourth-order valence-electron chi connectivity index (χ4n) is 3.94. The Morgan fingerprint density at radius 3 is 2.56 bits per heavy atom.